The Morgan fingerprint density at radius 1 is 1.27 bits per heavy atom. The Morgan fingerprint density at radius 2 is 2.09 bits per heavy atom. The quantitative estimate of drug-likeness (QED) is 0.473. The van der Waals surface area contributed by atoms with Crippen molar-refractivity contribution >= 4 is 10.1 Å². The molecule has 0 aromatic carbocycles. The smallest absolute Gasteiger partial charge is 0.273 e. The van der Waals surface area contributed by atoms with Crippen LogP contribution in [-0.2, 0) is 19.0 Å². The molecule has 4 atom stereocenters. The Bertz CT molecular complexity index is 294. The van der Waals surface area contributed by atoms with Crippen LogP contribution < -0.4 is 0 Å². The van der Waals surface area contributed by atoms with Gasteiger partial charge in [-0.1, -0.05) is 0 Å². The van der Waals surface area contributed by atoms with Gasteiger partial charge in [0, 0.05) is 6.42 Å². The van der Waals surface area contributed by atoms with Crippen LogP contribution in [0.15, 0.2) is 0 Å². The van der Waals surface area contributed by atoms with Crippen LogP contribution in [0.4, 0.5) is 0 Å². The molecule has 0 amide bonds. The fourth-order valence-corrected chi connectivity index (χ4v) is 3.94. The summed E-state index contributed by atoms with van der Waals surface area (Å²) < 4.78 is 32.6. The first-order valence-corrected chi connectivity index (χ1v) is 5.21. The van der Waals surface area contributed by atoms with Gasteiger partial charge in [-0.3, -0.25) is 4.18 Å². The average molecular weight is 176 g/mol. The Balaban J connectivity index is 2.14. The summed E-state index contributed by atoms with van der Waals surface area (Å²) in [5.41, 5.74) is 0. The third kappa shape index (κ3) is 0.641. The highest BCUT2D eigenvalue weighted by Crippen LogP contribution is 2.46. The van der Waals surface area contributed by atoms with Gasteiger partial charge in [0.1, 0.15) is 17.5 Å². The van der Waals surface area contributed by atoms with Crippen molar-refractivity contribution in [1.82, 2.24) is 0 Å². The first-order chi connectivity index (χ1) is 5.17. The Hall–Kier alpha value is -0.130. The van der Waals surface area contributed by atoms with Crippen LogP contribution in [0.1, 0.15) is 12.8 Å². The lowest BCUT2D eigenvalue weighted by molar-refractivity contribution is 0.0838. The summed E-state index contributed by atoms with van der Waals surface area (Å²) >= 11 is 0. The molecule has 3 saturated heterocycles. The van der Waals surface area contributed by atoms with Gasteiger partial charge in [-0.15, -0.1) is 0 Å². The fourth-order valence-electron chi connectivity index (χ4n) is 2.25. The Morgan fingerprint density at radius 3 is 2.64 bits per heavy atom. The number of ether oxygens (including phenoxy) is 1. The molecule has 11 heavy (non-hydrogen) atoms. The van der Waals surface area contributed by atoms with E-state index in [0.29, 0.717) is 6.42 Å². The SMILES string of the molecule is O=S1(=O)O[C@H]2CC3CC1C2O3. The van der Waals surface area contributed by atoms with Gasteiger partial charge in [0.05, 0.1) is 6.10 Å². The molecule has 0 radical (unpaired) electrons. The highest BCUT2D eigenvalue weighted by atomic mass is 32.2. The van der Waals surface area contributed by atoms with Crippen LogP contribution in [0, 0.1) is 0 Å². The number of fused-ring (bicyclic) bond motifs is 1. The predicted molar refractivity (Wildman–Crippen MR) is 35.5 cm³/mol. The lowest BCUT2D eigenvalue weighted by atomic mass is 9.98. The van der Waals surface area contributed by atoms with E-state index in [1.54, 1.807) is 0 Å². The molecule has 4 nitrogen and oxygen atoms in total. The summed E-state index contributed by atoms with van der Waals surface area (Å²) in [6.07, 6.45) is 1.24. The molecule has 3 heterocycles. The normalized spacial score (nSPS) is 57.1. The minimum atomic E-state index is -3.26. The van der Waals surface area contributed by atoms with E-state index in [1.165, 1.54) is 0 Å². The van der Waals surface area contributed by atoms with Gasteiger partial charge in [0.2, 0.25) is 0 Å². The molecule has 3 fully saturated rings. The first-order valence-electron chi connectivity index (χ1n) is 3.74. The molecule has 0 saturated carbocycles. The van der Waals surface area contributed by atoms with Crippen molar-refractivity contribution < 1.29 is 17.3 Å². The topological polar surface area (TPSA) is 52.6 Å². The van der Waals surface area contributed by atoms with Crippen molar-refractivity contribution in [2.75, 3.05) is 0 Å². The van der Waals surface area contributed by atoms with Crippen LogP contribution in [0.5, 0.6) is 0 Å². The van der Waals surface area contributed by atoms with Crippen molar-refractivity contribution in [2.45, 2.75) is 36.4 Å². The summed E-state index contributed by atoms with van der Waals surface area (Å²) in [6.45, 7) is 0. The van der Waals surface area contributed by atoms with Gasteiger partial charge in [0.15, 0.2) is 0 Å². The van der Waals surface area contributed by atoms with Gasteiger partial charge < -0.3 is 4.74 Å². The van der Waals surface area contributed by atoms with E-state index in [2.05, 4.69) is 0 Å². The molecule has 0 spiro atoms. The maximum atomic E-state index is 11.2. The predicted octanol–water partition coefficient (Wildman–Crippen LogP) is -0.355. The van der Waals surface area contributed by atoms with Crippen molar-refractivity contribution in [3.05, 3.63) is 0 Å². The van der Waals surface area contributed by atoms with E-state index < -0.39 is 10.1 Å². The standard InChI is InChI=1S/C6H8O4S/c7-11(8)5-2-3-1-4(10-11)6(5)9-3/h3-6H,1-2H2/t3?,4-,5?,6?/m0/s1. The monoisotopic (exact) mass is 176 g/mol. The van der Waals surface area contributed by atoms with Crippen molar-refractivity contribution in [3.8, 4) is 0 Å². The van der Waals surface area contributed by atoms with Crippen LogP contribution in [0.3, 0.4) is 0 Å². The minimum Gasteiger partial charge on any atom is -0.371 e. The fraction of sp³-hybridized carbons (Fsp3) is 1.00. The number of hydrogen-bond acceptors (Lipinski definition) is 4. The second-order valence-electron chi connectivity index (χ2n) is 3.36. The van der Waals surface area contributed by atoms with E-state index in [4.69, 9.17) is 8.92 Å². The number of rotatable bonds is 0. The van der Waals surface area contributed by atoms with Crippen LogP contribution in [0.25, 0.3) is 0 Å². The van der Waals surface area contributed by atoms with E-state index in [-0.39, 0.29) is 23.6 Å². The van der Waals surface area contributed by atoms with E-state index in [0.717, 1.165) is 6.42 Å². The van der Waals surface area contributed by atoms with Crippen molar-refractivity contribution in [2.24, 2.45) is 0 Å². The van der Waals surface area contributed by atoms with Gasteiger partial charge in [-0.05, 0) is 6.42 Å². The molecule has 3 unspecified atom stereocenters. The first kappa shape index (κ1) is 6.39. The summed E-state index contributed by atoms with van der Waals surface area (Å²) in [6, 6.07) is 0. The molecule has 3 aliphatic heterocycles. The zero-order valence-corrected chi connectivity index (χ0v) is 6.58. The zero-order chi connectivity index (χ0) is 7.64. The molecule has 62 valence electrons. The Kier molecular flexibility index (Phi) is 0.944. The third-order valence-electron chi connectivity index (χ3n) is 2.70. The van der Waals surface area contributed by atoms with Gasteiger partial charge in [-0.2, -0.15) is 8.42 Å². The van der Waals surface area contributed by atoms with Crippen LogP contribution in [-0.4, -0.2) is 32.0 Å². The molecule has 2 bridgehead atoms. The van der Waals surface area contributed by atoms with Gasteiger partial charge in [0.25, 0.3) is 10.1 Å². The van der Waals surface area contributed by atoms with Crippen molar-refractivity contribution in [1.29, 1.82) is 0 Å². The minimum absolute atomic E-state index is 0.146. The average Bonchev–Trinajstić information content (AvgIpc) is 2.44. The summed E-state index contributed by atoms with van der Waals surface area (Å²) in [5.74, 6) is 0. The largest absolute Gasteiger partial charge is 0.371 e. The molecule has 0 N–H and O–H groups in total. The summed E-state index contributed by atoms with van der Waals surface area (Å²) in [4.78, 5) is 0. The van der Waals surface area contributed by atoms with Crippen molar-refractivity contribution in [3.63, 3.8) is 0 Å². The summed E-state index contributed by atoms with van der Waals surface area (Å²) in [7, 11) is -3.26. The van der Waals surface area contributed by atoms with Gasteiger partial charge >= 0.3 is 0 Å². The van der Waals surface area contributed by atoms with E-state index in [1.807, 2.05) is 0 Å². The molecule has 3 rings (SSSR count). The molecule has 0 aliphatic carbocycles. The van der Waals surface area contributed by atoms with E-state index in [9.17, 15) is 8.42 Å². The second-order valence-corrected chi connectivity index (χ2v) is 5.14. The third-order valence-corrected chi connectivity index (χ3v) is 4.42. The number of hydrogen-bond donors (Lipinski definition) is 0. The lowest BCUT2D eigenvalue weighted by Crippen LogP contribution is -2.27. The Labute approximate surface area is 64.6 Å². The molecule has 0 aromatic rings. The zero-order valence-electron chi connectivity index (χ0n) is 5.76. The molecule has 5 heteroatoms. The maximum Gasteiger partial charge on any atom is 0.273 e. The maximum absolute atomic E-state index is 11.2. The summed E-state index contributed by atoms with van der Waals surface area (Å²) in [5, 5.41) is -0.355. The van der Waals surface area contributed by atoms with Crippen LogP contribution >= 0.6 is 0 Å². The highest BCUT2D eigenvalue weighted by Gasteiger charge is 2.60. The van der Waals surface area contributed by atoms with E-state index >= 15 is 0 Å². The van der Waals surface area contributed by atoms with Gasteiger partial charge in [-0.25, -0.2) is 0 Å². The lowest BCUT2D eigenvalue weighted by Gasteiger charge is -2.06. The second kappa shape index (κ2) is 1.62. The molecular weight excluding hydrogens is 168 g/mol. The molecule has 3 aliphatic rings. The molecular formula is C6H8O4S. The van der Waals surface area contributed by atoms with Crippen LogP contribution in [0.2, 0.25) is 0 Å². The molecule has 0 aromatic heterocycles. The highest BCUT2D eigenvalue weighted by molar-refractivity contribution is 7.87.